The van der Waals surface area contributed by atoms with Crippen molar-refractivity contribution in [3.8, 4) is 0 Å². The zero-order valence-electron chi connectivity index (χ0n) is 17.4. The van der Waals surface area contributed by atoms with E-state index in [0.29, 0.717) is 41.8 Å². The van der Waals surface area contributed by atoms with Crippen LogP contribution in [0.25, 0.3) is 10.8 Å². The van der Waals surface area contributed by atoms with E-state index in [-0.39, 0.29) is 35.0 Å². The van der Waals surface area contributed by atoms with E-state index in [2.05, 4.69) is 20.3 Å². The first-order chi connectivity index (χ1) is 14.7. The molecular formula is C19H26Cl2N6O4S. The van der Waals surface area contributed by atoms with Crippen molar-refractivity contribution in [2.75, 3.05) is 25.6 Å². The molecule has 0 aliphatic heterocycles. The van der Waals surface area contributed by atoms with Crippen molar-refractivity contribution in [1.29, 1.82) is 5.41 Å². The molecule has 1 aromatic carbocycles. The predicted octanol–water partition coefficient (Wildman–Crippen LogP) is 1.97. The number of nitrogens with one attached hydrogen (secondary N) is 4. The topological polar surface area (TPSA) is 159 Å². The Morgan fingerprint density at radius 1 is 1.31 bits per heavy atom. The van der Waals surface area contributed by atoms with E-state index in [0.717, 1.165) is 12.8 Å². The highest BCUT2D eigenvalue weighted by molar-refractivity contribution is 7.89. The van der Waals surface area contributed by atoms with E-state index < -0.39 is 15.6 Å². The van der Waals surface area contributed by atoms with Gasteiger partial charge in [-0.05, 0) is 25.0 Å². The van der Waals surface area contributed by atoms with Crippen molar-refractivity contribution >= 4 is 62.5 Å². The number of amides is 1. The fourth-order valence-corrected chi connectivity index (χ4v) is 5.35. The quantitative estimate of drug-likeness (QED) is 0.208. The van der Waals surface area contributed by atoms with E-state index in [1.807, 2.05) is 0 Å². The summed E-state index contributed by atoms with van der Waals surface area (Å²) in [6.07, 6.45) is 3.68. The van der Waals surface area contributed by atoms with Crippen LogP contribution in [0.2, 0.25) is 5.02 Å². The highest BCUT2D eigenvalue weighted by Crippen LogP contribution is 2.33. The Morgan fingerprint density at radius 2 is 2.00 bits per heavy atom. The minimum Gasteiger partial charge on any atom is -0.383 e. The van der Waals surface area contributed by atoms with Gasteiger partial charge in [0.15, 0.2) is 5.96 Å². The molecule has 10 nitrogen and oxygen atoms in total. The number of hydrogen-bond acceptors (Lipinski definition) is 6. The van der Waals surface area contributed by atoms with Gasteiger partial charge in [-0.3, -0.25) is 10.2 Å². The SMILES string of the molecule is COCCNC(=O)C1(NS(=O)(=O)c2ccc3c(Cl)cnc(NC(=N)N)c3c2)CCCC1.Cl. The van der Waals surface area contributed by atoms with Gasteiger partial charge in [-0.15, -0.1) is 12.4 Å². The number of fused-ring (bicyclic) bond motifs is 1. The Morgan fingerprint density at radius 3 is 2.62 bits per heavy atom. The zero-order valence-corrected chi connectivity index (χ0v) is 19.8. The number of sulfonamides is 1. The summed E-state index contributed by atoms with van der Waals surface area (Å²) in [5.74, 6) is -0.507. The zero-order chi connectivity index (χ0) is 22.6. The summed E-state index contributed by atoms with van der Waals surface area (Å²) < 4.78 is 34.0. The molecule has 6 N–H and O–H groups in total. The largest absolute Gasteiger partial charge is 0.383 e. The lowest BCUT2D eigenvalue weighted by atomic mass is 9.98. The van der Waals surface area contributed by atoms with Crippen LogP contribution >= 0.6 is 24.0 Å². The average molecular weight is 505 g/mol. The highest BCUT2D eigenvalue weighted by Gasteiger charge is 2.44. The third-order valence-electron chi connectivity index (χ3n) is 5.19. The molecule has 3 rings (SSSR count). The number of pyridine rings is 1. The van der Waals surface area contributed by atoms with Crippen LogP contribution in [0.5, 0.6) is 0 Å². The van der Waals surface area contributed by atoms with Crippen molar-refractivity contribution in [2.24, 2.45) is 5.73 Å². The number of anilines is 1. The molecule has 1 aliphatic carbocycles. The molecule has 0 saturated heterocycles. The van der Waals surface area contributed by atoms with Crippen molar-refractivity contribution in [1.82, 2.24) is 15.0 Å². The second-order valence-corrected chi connectivity index (χ2v) is 9.43. The van der Waals surface area contributed by atoms with Gasteiger partial charge >= 0.3 is 0 Å². The molecule has 1 aromatic heterocycles. The van der Waals surface area contributed by atoms with Gasteiger partial charge in [-0.1, -0.05) is 30.5 Å². The average Bonchev–Trinajstić information content (AvgIpc) is 3.19. The smallest absolute Gasteiger partial charge is 0.241 e. The first-order valence-electron chi connectivity index (χ1n) is 9.69. The molecule has 0 unspecified atom stereocenters. The number of nitrogens with zero attached hydrogens (tertiary/aromatic N) is 1. The standard InChI is InChI=1S/C19H25ClN6O4S.ClH/c1-30-9-8-23-17(27)19(6-2-3-7-19)26-31(28,29)12-4-5-13-14(10-12)16(25-18(21)22)24-11-15(13)20;/h4-5,10-11,26H,2-3,6-9H2,1H3,(H,23,27)(H4,21,22,24,25);1H. The Labute approximate surface area is 197 Å². The third-order valence-corrected chi connectivity index (χ3v) is 7.02. The summed E-state index contributed by atoms with van der Waals surface area (Å²) >= 11 is 6.19. The van der Waals surface area contributed by atoms with Crippen molar-refractivity contribution in [3.63, 3.8) is 0 Å². The molecule has 0 radical (unpaired) electrons. The molecule has 2 aromatic rings. The molecule has 0 atom stereocenters. The maximum atomic E-state index is 13.2. The fourth-order valence-electron chi connectivity index (χ4n) is 3.69. The van der Waals surface area contributed by atoms with Crippen molar-refractivity contribution < 1.29 is 17.9 Å². The van der Waals surface area contributed by atoms with Gasteiger partial charge in [0.25, 0.3) is 0 Å². The molecule has 176 valence electrons. The van der Waals surface area contributed by atoms with Gasteiger partial charge in [0, 0.05) is 30.6 Å². The van der Waals surface area contributed by atoms with Crippen LogP contribution in [0.4, 0.5) is 5.82 Å². The Hall–Kier alpha value is -2.18. The summed E-state index contributed by atoms with van der Waals surface area (Å²) in [6.45, 7) is 0.623. The second kappa shape index (κ2) is 10.6. The highest BCUT2D eigenvalue weighted by atomic mass is 35.5. The molecule has 13 heteroatoms. The van der Waals surface area contributed by atoms with Crippen LogP contribution in [-0.4, -0.2) is 51.1 Å². The van der Waals surface area contributed by atoms with Crippen LogP contribution in [0.3, 0.4) is 0 Å². The molecule has 0 spiro atoms. The van der Waals surface area contributed by atoms with E-state index in [1.54, 1.807) is 6.07 Å². The van der Waals surface area contributed by atoms with Gasteiger partial charge in [0.2, 0.25) is 15.9 Å². The molecule has 1 fully saturated rings. The lowest BCUT2D eigenvalue weighted by Gasteiger charge is -2.28. The Balaban J connectivity index is 0.00000363. The second-order valence-electron chi connectivity index (χ2n) is 7.34. The molecule has 0 bridgehead atoms. The number of ether oxygens (including phenoxy) is 1. The number of benzene rings is 1. The van der Waals surface area contributed by atoms with Crippen molar-refractivity contribution in [3.05, 3.63) is 29.4 Å². The number of hydrogen-bond donors (Lipinski definition) is 5. The fraction of sp³-hybridized carbons (Fsp3) is 0.421. The Bertz CT molecular complexity index is 1110. The summed E-state index contributed by atoms with van der Waals surface area (Å²) in [6, 6.07) is 4.37. The van der Waals surface area contributed by atoms with Crippen LogP contribution < -0.4 is 21.1 Å². The van der Waals surface area contributed by atoms with Crippen LogP contribution in [0.1, 0.15) is 25.7 Å². The maximum absolute atomic E-state index is 13.2. The molecule has 1 amide bonds. The van der Waals surface area contributed by atoms with E-state index in [9.17, 15) is 13.2 Å². The summed E-state index contributed by atoms with van der Waals surface area (Å²) in [7, 11) is -2.53. The molecule has 1 aliphatic rings. The summed E-state index contributed by atoms with van der Waals surface area (Å²) in [5.41, 5.74) is 4.19. The van der Waals surface area contributed by atoms with Gasteiger partial charge in [0.05, 0.1) is 16.5 Å². The van der Waals surface area contributed by atoms with Crippen LogP contribution in [0, 0.1) is 5.41 Å². The minimum absolute atomic E-state index is 0. The summed E-state index contributed by atoms with van der Waals surface area (Å²) in [4.78, 5) is 16.9. The first kappa shape index (κ1) is 26.1. The number of carbonyl (C=O) groups excluding carboxylic acids is 1. The lowest BCUT2D eigenvalue weighted by Crippen LogP contribution is -2.57. The molecule has 32 heavy (non-hydrogen) atoms. The Kier molecular flexibility index (Phi) is 8.66. The van der Waals surface area contributed by atoms with Gasteiger partial charge in [-0.25, -0.2) is 13.4 Å². The van der Waals surface area contributed by atoms with Gasteiger partial charge < -0.3 is 21.1 Å². The number of carbonyl (C=O) groups is 1. The number of halogens is 2. The lowest BCUT2D eigenvalue weighted by molar-refractivity contribution is -0.127. The van der Waals surface area contributed by atoms with E-state index in [4.69, 9.17) is 27.5 Å². The summed E-state index contributed by atoms with van der Waals surface area (Å²) in [5, 5.41) is 14.0. The van der Waals surface area contributed by atoms with Crippen molar-refractivity contribution in [2.45, 2.75) is 36.1 Å². The predicted molar refractivity (Wildman–Crippen MR) is 126 cm³/mol. The molecular weight excluding hydrogens is 479 g/mol. The van der Waals surface area contributed by atoms with E-state index >= 15 is 0 Å². The van der Waals surface area contributed by atoms with Gasteiger partial charge in [0.1, 0.15) is 11.4 Å². The first-order valence-corrected chi connectivity index (χ1v) is 11.6. The molecule has 1 heterocycles. The third kappa shape index (κ3) is 5.59. The number of methoxy groups -OCH3 is 1. The van der Waals surface area contributed by atoms with E-state index in [1.165, 1.54) is 25.4 Å². The minimum atomic E-state index is -4.05. The number of guanidine groups is 1. The van der Waals surface area contributed by atoms with Gasteiger partial charge in [-0.2, -0.15) is 4.72 Å². The van der Waals surface area contributed by atoms with Crippen LogP contribution in [0.15, 0.2) is 29.3 Å². The normalized spacial score (nSPS) is 15.2. The molecule has 1 saturated carbocycles. The number of aromatic nitrogens is 1. The maximum Gasteiger partial charge on any atom is 0.241 e. The monoisotopic (exact) mass is 504 g/mol. The van der Waals surface area contributed by atoms with Crippen LogP contribution in [-0.2, 0) is 19.6 Å². The number of rotatable bonds is 8. The number of nitrogens with two attached hydrogens (primary N) is 1.